The summed E-state index contributed by atoms with van der Waals surface area (Å²) < 4.78 is 1.91. The molecule has 0 spiro atoms. The Bertz CT molecular complexity index is 407. The van der Waals surface area contributed by atoms with Crippen LogP contribution in [-0.2, 0) is 18.4 Å². The number of aryl methyl sites for hydroxylation is 1. The molecule has 5 nitrogen and oxygen atoms in total. The van der Waals surface area contributed by atoms with Crippen LogP contribution in [0.3, 0.4) is 0 Å². The number of nitrogens with zero attached hydrogens (tertiary/aromatic N) is 2. The van der Waals surface area contributed by atoms with Gasteiger partial charge in [-0.25, -0.2) is 4.98 Å². The van der Waals surface area contributed by atoms with Gasteiger partial charge < -0.3 is 15.6 Å². The third kappa shape index (κ3) is 2.56. The van der Waals surface area contributed by atoms with Gasteiger partial charge in [-0.2, -0.15) is 0 Å². The zero-order valence-corrected chi connectivity index (χ0v) is 11.0. The van der Waals surface area contributed by atoms with E-state index in [1.54, 1.807) is 6.20 Å². The molecule has 0 unspecified atom stereocenters. The fraction of sp³-hybridized carbons (Fsp3) is 0.692. The van der Waals surface area contributed by atoms with Crippen LogP contribution in [0.2, 0.25) is 0 Å². The Kier molecular flexibility index (Phi) is 4.01. The van der Waals surface area contributed by atoms with Crippen LogP contribution < -0.4 is 11.1 Å². The van der Waals surface area contributed by atoms with Gasteiger partial charge in [0.15, 0.2) is 0 Å². The minimum absolute atomic E-state index is 0.0905. The molecule has 0 atom stereocenters. The summed E-state index contributed by atoms with van der Waals surface area (Å²) in [5.74, 6) is 0.957. The Morgan fingerprint density at radius 3 is 2.78 bits per heavy atom. The second kappa shape index (κ2) is 5.52. The van der Waals surface area contributed by atoms with Gasteiger partial charge in [0.2, 0.25) is 5.91 Å². The first-order chi connectivity index (χ1) is 8.68. The van der Waals surface area contributed by atoms with Crippen LogP contribution in [-0.4, -0.2) is 22.0 Å². The Morgan fingerprint density at radius 1 is 1.50 bits per heavy atom. The minimum atomic E-state index is -0.344. The van der Waals surface area contributed by atoms with Crippen molar-refractivity contribution in [1.82, 2.24) is 14.9 Å². The quantitative estimate of drug-likeness (QED) is 0.835. The van der Waals surface area contributed by atoms with E-state index in [2.05, 4.69) is 10.3 Å². The van der Waals surface area contributed by atoms with Crippen molar-refractivity contribution in [1.29, 1.82) is 0 Å². The van der Waals surface area contributed by atoms with Crippen molar-refractivity contribution in [3.05, 3.63) is 18.2 Å². The average molecular weight is 250 g/mol. The van der Waals surface area contributed by atoms with Crippen molar-refractivity contribution in [2.24, 2.45) is 18.2 Å². The van der Waals surface area contributed by atoms with E-state index in [1.807, 2.05) is 17.8 Å². The van der Waals surface area contributed by atoms with E-state index >= 15 is 0 Å². The number of carbonyl (C=O) groups is 1. The molecular formula is C13H22N4O. The van der Waals surface area contributed by atoms with Crippen molar-refractivity contribution in [2.75, 3.05) is 6.54 Å². The highest BCUT2D eigenvalue weighted by molar-refractivity contribution is 5.82. The highest BCUT2D eigenvalue weighted by atomic mass is 16.2. The Balaban J connectivity index is 1.96. The summed E-state index contributed by atoms with van der Waals surface area (Å²) >= 11 is 0. The number of nitrogens with two attached hydrogens (primary N) is 1. The maximum absolute atomic E-state index is 12.3. The number of carbonyl (C=O) groups excluding carboxylic acids is 1. The molecule has 0 aliphatic heterocycles. The standard InChI is InChI=1S/C13H22N4O/c1-17-8-7-15-11(17)9-16-12(18)13(10-14)5-3-2-4-6-13/h7-8H,2-6,9-10,14H2,1H3,(H,16,18). The van der Waals surface area contributed by atoms with Gasteiger partial charge in [-0.1, -0.05) is 19.3 Å². The van der Waals surface area contributed by atoms with Crippen LogP contribution in [0.5, 0.6) is 0 Å². The lowest BCUT2D eigenvalue weighted by Crippen LogP contribution is -2.47. The highest BCUT2D eigenvalue weighted by Crippen LogP contribution is 2.35. The lowest BCUT2D eigenvalue weighted by Gasteiger charge is -2.34. The smallest absolute Gasteiger partial charge is 0.227 e. The van der Waals surface area contributed by atoms with Crippen LogP contribution in [0.1, 0.15) is 37.9 Å². The Labute approximate surface area is 108 Å². The van der Waals surface area contributed by atoms with Crippen molar-refractivity contribution < 1.29 is 4.79 Å². The van der Waals surface area contributed by atoms with E-state index in [0.29, 0.717) is 13.1 Å². The van der Waals surface area contributed by atoms with E-state index in [1.165, 1.54) is 6.42 Å². The number of hydrogen-bond donors (Lipinski definition) is 2. The summed E-state index contributed by atoms with van der Waals surface area (Å²) in [5.41, 5.74) is 5.49. The lowest BCUT2D eigenvalue weighted by molar-refractivity contribution is -0.132. The molecule has 1 amide bonds. The average Bonchev–Trinajstić information content (AvgIpc) is 2.82. The zero-order chi connectivity index (χ0) is 13.0. The van der Waals surface area contributed by atoms with Gasteiger partial charge in [0, 0.05) is 26.0 Å². The zero-order valence-electron chi connectivity index (χ0n) is 11.0. The molecule has 1 aliphatic carbocycles. The number of rotatable bonds is 4. The third-order valence-electron chi connectivity index (χ3n) is 4.01. The molecule has 3 N–H and O–H groups in total. The molecule has 0 radical (unpaired) electrons. The van der Waals surface area contributed by atoms with Gasteiger partial charge in [-0.05, 0) is 12.8 Å². The van der Waals surface area contributed by atoms with Crippen LogP contribution in [0.4, 0.5) is 0 Å². The largest absolute Gasteiger partial charge is 0.348 e. The fourth-order valence-corrected chi connectivity index (χ4v) is 2.67. The van der Waals surface area contributed by atoms with Gasteiger partial charge in [-0.15, -0.1) is 0 Å². The van der Waals surface area contributed by atoms with Crippen molar-refractivity contribution in [2.45, 2.75) is 38.6 Å². The predicted molar refractivity (Wildman–Crippen MR) is 69.6 cm³/mol. The summed E-state index contributed by atoms with van der Waals surface area (Å²) in [6.07, 6.45) is 8.86. The maximum atomic E-state index is 12.3. The molecule has 1 aromatic heterocycles. The molecule has 0 aromatic carbocycles. The second-order valence-corrected chi connectivity index (χ2v) is 5.18. The van der Waals surface area contributed by atoms with Crippen LogP contribution in [0, 0.1) is 5.41 Å². The molecule has 1 aliphatic rings. The van der Waals surface area contributed by atoms with E-state index in [4.69, 9.17) is 5.73 Å². The number of imidazole rings is 1. The summed E-state index contributed by atoms with van der Waals surface area (Å²) in [5, 5.41) is 2.99. The Hall–Kier alpha value is -1.36. The molecular weight excluding hydrogens is 228 g/mol. The fourth-order valence-electron chi connectivity index (χ4n) is 2.67. The molecule has 18 heavy (non-hydrogen) atoms. The summed E-state index contributed by atoms with van der Waals surface area (Å²) in [4.78, 5) is 16.5. The normalized spacial score (nSPS) is 18.6. The van der Waals surface area contributed by atoms with Gasteiger partial charge in [0.05, 0.1) is 12.0 Å². The summed E-state index contributed by atoms with van der Waals surface area (Å²) in [6.45, 7) is 0.920. The molecule has 1 fully saturated rings. The predicted octanol–water partition coefficient (Wildman–Crippen LogP) is 0.945. The van der Waals surface area contributed by atoms with Gasteiger partial charge in [-0.3, -0.25) is 4.79 Å². The highest BCUT2D eigenvalue weighted by Gasteiger charge is 2.37. The van der Waals surface area contributed by atoms with Crippen molar-refractivity contribution >= 4 is 5.91 Å². The maximum Gasteiger partial charge on any atom is 0.227 e. The monoisotopic (exact) mass is 250 g/mol. The molecule has 0 bridgehead atoms. The molecule has 2 rings (SSSR count). The minimum Gasteiger partial charge on any atom is -0.348 e. The van der Waals surface area contributed by atoms with Crippen molar-refractivity contribution in [3.8, 4) is 0 Å². The second-order valence-electron chi connectivity index (χ2n) is 5.18. The van der Waals surface area contributed by atoms with Gasteiger partial charge in [0.25, 0.3) is 0 Å². The van der Waals surface area contributed by atoms with Crippen LogP contribution in [0.25, 0.3) is 0 Å². The lowest BCUT2D eigenvalue weighted by atomic mass is 9.73. The first-order valence-corrected chi connectivity index (χ1v) is 6.62. The molecule has 1 aromatic rings. The molecule has 5 heteroatoms. The van der Waals surface area contributed by atoms with Gasteiger partial charge in [0.1, 0.15) is 5.82 Å². The number of hydrogen-bond acceptors (Lipinski definition) is 3. The summed E-state index contributed by atoms with van der Waals surface area (Å²) in [6, 6.07) is 0. The van der Waals surface area contributed by atoms with Crippen LogP contribution in [0.15, 0.2) is 12.4 Å². The molecule has 1 heterocycles. The van der Waals surface area contributed by atoms with E-state index in [-0.39, 0.29) is 11.3 Å². The van der Waals surface area contributed by atoms with Crippen molar-refractivity contribution in [3.63, 3.8) is 0 Å². The number of nitrogens with one attached hydrogen (secondary N) is 1. The third-order valence-corrected chi connectivity index (χ3v) is 4.01. The van der Waals surface area contributed by atoms with E-state index < -0.39 is 0 Å². The number of aromatic nitrogens is 2. The van der Waals surface area contributed by atoms with Crippen LogP contribution >= 0.6 is 0 Å². The number of amides is 1. The first kappa shape index (κ1) is 13.1. The molecule has 0 saturated heterocycles. The topological polar surface area (TPSA) is 72.9 Å². The SMILES string of the molecule is Cn1ccnc1CNC(=O)C1(CN)CCCCC1. The van der Waals surface area contributed by atoms with Gasteiger partial charge >= 0.3 is 0 Å². The van der Waals surface area contributed by atoms with E-state index in [0.717, 1.165) is 31.5 Å². The van der Waals surface area contributed by atoms with E-state index in [9.17, 15) is 4.79 Å². The Morgan fingerprint density at radius 2 is 2.22 bits per heavy atom. The first-order valence-electron chi connectivity index (χ1n) is 6.62. The summed E-state index contributed by atoms with van der Waals surface area (Å²) in [7, 11) is 1.92. The molecule has 1 saturated carbocycles. The molecule has 100 valence electrons.